The lowest BCUT2D eigenvalue weighted by molar-refractivity contribution is -0.976. The highest BCUT2D eigenvalue weighted by atomic mass is 16.3. The zero-order valence-electron chi connectivity index (χ0n) is 17.8. The Hall–Kier alpha value is -0.670. The summed E-state index contributed by atoms with van der Waals surface area (Å²) in [6, 6.07) is 0. The van der Waals surface area contributed by atoms with Gasteiger partial charge in [-0.15, -0.1) is 0 Å². The van der Waals surface area contributed by atoms with Crippen LogP contribution in [0.1, 0.15) is 104 Å². The van der Waals surface area contributed by atoms with Gasteiger partial charge in [-0.1, -0.05) is 70.4 Å². The Labute approximate surface area is 163 Å². The second-order valence-corrected chi connectivity index (χ2v) is 8.04. The molecule has 0 fully saturated rings. The maximum absolute atomic E-state index is 10.2. The highest BCUT2D eigenvalue weighted by Gasteiger charge is 2.41. The van der Waals surface area contributed by atoms with Crippen molar-refractivity contribution in [1.82, 2.24) is 0 Å². The van der Waals surface area contributed by atoms with E-state index in [0.29, 0.717) is 0 Å². The molecule has 3 heteroatoms. The average molecular weight is 366 g/mol. The van der Waals surface area contributed by atoms with Crippen LogP contribution in [0, 0.1) is 0 Å². The number of allylic oxidation sites excluding steroid dienone is 2. The second-order valence-electron chi connectivity index (χ2n) is 8.04. The first kappa shape index (κ1) is 23.4. The lowest BCUT2D eigenvalue weighted by Crippen LogP contribution is -2.57. The van der Waals surface area contributed by atoms with Crippen LogP contribution in [0.4, 0.5) is 0 Å². The summed E-state index contributed by atoms with van der Waals surface area (Å²) < 4.78 is 0.744. The van der Waals surface area contributed by atoms with Gasteiger partial charge in [-0.25, -0.2) is 4.99 Å². The highest BCUT2D eigenvalue weighted by Crippen LogP contribution is 2.26. The summed E-state index contributed by atoms with van der Waals surface area (Å²) in [6.07, 6.45) is 23.9. The quantitative estimate of drug-likeness (QED) is 0.196. The monoisotopic (exact) mass is 365 g/mol. The third-order valence-corrected chi connectivity index (χ3v) is 6.11. The maximum Gasteiger partial charge on any atom is 0.189 e. The van der Waals surface area contributed by atoms with Gasteiger partial charge in [0.15, 0.2) is 12.4 Å². The molecule has 0 bridgehead atoms. The van der Waals surface area contributed by atoms with Crippen LogP contribution < -0.4 is 0 Å². The van der Waals surface area contributed by atoms with E-state index in [1.54, 1.807) is 0 Å². The van der Waals surface area contributed by atoms with E-state index in [1.165, 1.54) is 77.0 Å². The van der Waals surface area contributed by atoms with Crippen molar-refractivity contribution >= 4 is 6.21 Å². The van der Waals surface area contributed by atoms with Gasteiger partial charge >= 0.3 is 0 Å². The zero-order valence-corrected chi connectivity index (χ0v) is 17.8. The normalized spacial score (nSPS) is 23.9. The lowest BCUT2D eigenvalue weighted by atomic mass is 10.0. The third kappa shape index (κ3) is 8.35. The molecule has 0 aromatic heterocycles. The fourth-order valence-corrected chi connectivity index (χ4v) is 4.20. The second kappa shape index (κ2) is 14.4. The fraction of sp³-hybridized carbons (Fsp3) is 0.870. The Bertz CT molecular complexity index is 392. The van der Waals surface area contributed by atoms with E-state index in [4.69, 9.17) is 0 Å². The molecule has 0 radical (unpaired) electrons. The lowest BCUT2D eigenvalue weighted by Gasteiger charge is -2.40. The summed E-state index contributed by atoms with van der Waals surface area (Å²) >= 11 is 0. The van der Waals surface area contributed by atoms with E-state index in [-0.39, 0.29) is 12.4 Å². The minimum absolute atomic E-state index is 0.284. The zero-order chi connectivity index (χ0) is 19.1. The molecule has 1 heterocycles. The summed E-state index contributed by atoms with van der Waals surface area (Å²) in [5.74, 6) is 0. The van der Waals surface area contributed by atoms with Crippen molar-refractivity contribution in [1.29, 1.82) is 0 Å². The number of unbranched alkanes of at least 4 members (excludes halogenated alkanes) is 10. The van der Waals surface area contributed by atoms with Crippen LogP contribution in [-0.2, 0) is 0 Å². The molecule has 1 N–H and O–H groups in total. The standard InChI is InChI=1S/C23H45N2O/c1-4-6-7-8-9-10-11-12-13-14-15-16-17-18-19-23-24-20-21-25(23,5-2)22(3)26/h6-7,20,22-23,26H,4-5,8-19,21H2,1-3H3/q+1/b7-6+. The van der Waals surface area contributed by atoms with Crippen molar-refractivity contribution < 1.29 is 9.59 Å². The average Bonchev–Trinajstić information content (AvgIpc) is 3.06. The molecule has 152 valence electrons. The van der Waals surface area contributed by atoms with Crippen molar-refractivity contribution in [2.75, 3.05) is 13.1 Å². The minimum Gasteiger partial charge on any atom is -0.345 e. The van der Waals surface area contributed by atoms with Gasteiger partial charge in [0.05, 0.1) is 12.8 Å². The molecule has 3 unspecified atom stereocenters. The number of hydrogen-bond donors (Lipinski definition) is 1. The van der Waals surface area contributed by atoms with Gasteiger partial charge in [0, 0.05) is 13.3 Å². The summed E-state index contributed by atoms with van der Waals surface area (Å²) in [7, 11) is 0. The fourth-order valence-electron chi connectivity index (χ4n) is 4.20. The molecule has 26 heavy (non-hydrogen) atoms. The van der Waals surface area contributed by atoms with Crippen molar-refractivity contribution in [3.05, 3.63) is 12.2 Å². The molecule has 0 saturated heterocycles. The van der Waals surface area contributed by atoms with E-state index in [1.807, 2.05) is 13.1 Å². The molecule has 0 amide bonds. The summed E-state index contributed by atoms with van der Waals surface area (Å²) in [6.45, 7) is 8.17. The van der Waals surface area contributed by atoms with Crippen LogP contribution >= 0.6 is 0 Å². The molecule has 0 spiro atoms. The Morgan fingerprint density at radius 2 is 1.54 bits per heavy atom. The Kier molecular flexibility index (Phi) is 12.9. The summed E-state index contributed by atoms with van der Waals surface area (Å²) in [5, 5.41) is 10.2. The first-order valence-electron chi connectivity index (χ1n) is 11.4. The Morgan fingerprint density at radius 1 is 0.962 bits per heavy atom. The van der Waals surface area contributed by atoms with Gasteiger partial charge in [-0.05, 0) is 32.6 Å². The van der Waals surface area contributed by atoms with Crippen LogP contribution in [0.3, 0.4) is 0 Å². The summed E-state index contributed by atoms with van der Waals surface area (Å²) in [4.78, 5) is 4.66. The molecule has 1 rings (SSSR count). The van der Waals surface area contributed by atoms with Crippen LogP contribution in [0.5, 0.6) is 0 Å². The van der Waals surface area contributed by atoms with Crippen LogP contribution in [0.15, 0.2) is 17.1 Å². The number of aliphatic imine (C=N–C) groups is 1. The van der Waals surface area contributed by atoms with Crippen LogP contribution in [0.25, 0.3) is 0 Å². The van der Waals surface area contributed by atoms with Crippen LogP contribution in [-0.4, -0.2) is 41.3 Å². The molecular weight excluding hydrogens is 320 g/mol. The molecule has 0 aromatic rings. The third-order valence-electron chi connectivity index (χ3n) is 6.11. The van der Waals surface area contributed by atoms with Gasteiger partial charge in [0.1, 0.15) is 6.54 Å². The van der Waals surface area contributed by atoms with E-state index in [2.05, 4.69) is 31.0 Å². The van der Waals surface area contributed by atoms with Gasteiger partial charge in [-0.3, -0.25) is 4.48 Å². The van der Waals surface area contributed by atoms with Gasteiger partial charge in [0.25, 0.3) is 0 Å². The molecule has 0 aliphatic carbocycles. The Balaban J connectivity index is 1.93. The van der Waals surface area contributed by atoms with Gasteiger partial charge in [-0.2, -0.15) is 0 Å². The number of hydrogen-bond acceptors (Lipinski definition) is 2. The molecule has 3 nitrogen and oxygen atoms in total. The Morgan fingerprint density at radius 3 is 2.08 bits per heavy atom. The first-order chi connectivity index (χ1) is 12.7. The van der Waals surface area contributed by atoms with Crippen molar-refractivity contribution in [3.8, 4) is 0 Å². The molecule has 1 aliphatic heterocycles. The van der Waals surface area contributed by atoms with E-state index >= 15 is 0 Å². The highest BCUT2D eigenvalue weighted by molar-refractivity contribution is 5.60. The van der Waals surface area contributed by atoms with E-state index < -0.39 is 0 Å². The van der Waals surface area contributed by atoms with E-state index in [0.717, 1.165) is 24.0 Å². The largest absolute Gasteiger partial charge is 0.345 e. The van der Waals surface area contributed by atoms with Crippen LogP contribution in [0.2, 0.25) is 0 Å². The van der Waals surface area contributed by atoms with Crippen molar-refractivity contribution in [2.24, 2.45) is 4.99 Å². The van der Waals surface area contributed by atoms with Crippen molar-refractivity contribution in [2.45, 2.75) is 117 Å². The van der Waals surface area contributed by atoms with Gasteiger partial charge < -0.3 is 5.11 Å². The smallest absolute Gasteiger partial charge is 0.189 e. The molecular formula is C23H45N2O+. The molecule has 3 atom stereocenters. The number of rotatable bonds is 16. The topological polar surface area (TPSA) is 32.6 Å². The predicted molar refractivity (Wildman–Crippen MR) is 114 cm³/mol. The minimum atomic E-state index is -0.310. The molecule has 0 saturated carbocycles. The predicted octanol–water partition coefficient (Wildman–Crippen LogP) is 6.22. The maximum atomic E-state index is 10.2. The summed E-state index contributed by atoms with van der Waals surface area (Å²) in [5.41, 5.74) is 0. The molecule has 0 aromatic carbocycles. The first-order valence-corrected chi connectivity index (χ1v) is 11.4. The number of aliphatic hydroxyl groups is 1. The SMILES string of the molecule is CC/C=C/CCCCCCCCCCCCC1N=CC[N+]1(CC)C(C)O. The van der Waals surface area contributed by atoms with Crippen molar-refractivity contribution in [3.63, 3.8) is 0 Å². The van der Waals surface area contributed by atoms with E-state index in [9.17, 15) is 5.11 Å². The molecule has 1 aliphatic rings. The number of quaternary nitrogens is 1. The van der Waals surface area contributed by atoms with Gasteiger partial charge in [0.2, 0.25) is 0 Å². The number of aliphatic hydroxyl groups excluding tert-OH is 1. The number of nitrogens with zero attached hydrogens (tertiary/aromatic N) is 2.